The first-order chi connectivity index (χ1) is 10.0. The van der Waals surface area contributed by atoms with Gasteiger partial charge in [0.05, 0.1) is 23.5 Å². The van der Waals surface area contributed by atoms with E-state index >= 15 is 0 Å². The Balaban J connectivity index is 1.89. The third kappa shape index (κ3) is 2.55. The fourth-order valence-corrected chi connectivity index (χ4v) is 2.96. The lowest BCUT2D eigenvalue weighted by Gasteiger charge is -2.20. The van der Waals surface area contributed by atoms with Crippen molar-refractivity contribution in [1.82, 2.24) is 9.38 Å². The van der Waals surface area contributed by atoms with Crippen LogP contribution in [0.2, 0.25) is 0 Å². The van der Waals surface area contributed by atoms with Crippen molar-refractivity contribution in [3.63, 3.8) is 0 Å². The molecule has 2 aromatic heterocycles. The van der Waals surface area contributed by atoms with Gasteiger partial charge in [-0.3, -0.25) is 4.40 Å². The lowest BCUT2D eigenvalue weighted by atomic mass is 10.1. The van der Waals surface area contributed by atoms with E-state index in [9.17, 15) is 9.90 Å². The molecule has 3 rings (SSSR count). The Hall–Kier alpha value is -2.54. The first-order valence-electron chi connectivity index (χ1n) is 6.29. The van der Waals surface area contributed by atoms with Crippen molar-refractivity contribution in [2.24, 2.45) is 0 Å². The average molecular weight is 302 g/mol. The number of aromatic nitrogens is 2. The molecule has 0 saturated carbocycles. The van der Waals surface area contributed by atoms with Crippen LogP contribution in [-0.2, 0) is 6.54 Å². The van der Waals surface area contributed by atoms with E-state index in [0.717, 1.165) is 10.7 Å². The summed E-state index contributed by atoms with van der Waals surface area (Å²) in [7, 11) is 1.84. The van der Waals surface area contributed by atoms with Crippen LogP contribution in [0, 0.1) is 0 Å². The monoisotopic (exact) mass is 302 g/mol. The highest BCUT2D eigenvalue weighted by molar-refractivity contribution is 7.15. The van der Waals surface area contributed by atoms with Crippen molar-refractivity contribution in [3.05, 3.63) is 47.2 Å². The Morgan fingerprint density at radius 1 is 1.52 bits per heavy atom. The van der Waals surface area contributed by atoms with E-state index in [-0.39, 0.29) is 5.56 Å². The normalized spacial score (nSPS) is 10.9. The Bertz CT molecular complexity index is 780. The molecule has 3 aromatic rings. The van der Waals surface area contributed by atoms with E-state index in [1.54, 1.807) is 23.5 Å². The molecule has 3 N–H and O–H groups in total. The molecule has 0 bridgehead atoms. The number of nitrogens with zero attached hydrogens (tertiary/aromatic N) is 3. The van der Waals surface area contributed by atoms with Crippen LogP contribution < -0.4 is 10.6 Å². The fourth-order valence-electron chi connectivity index (χ4n) is 2.24. The molecule has 0 radical (unpaired) electrons. The Labute approximate surface area is 125 Å². The molecule has 1 aromatic carbocycles. The maximum Gasteiger partial charge on any atom is 0.337 e. The van der Waals surface area contributed by atoms with E-state index in [1.807, 2.05) is 34.1 Å². The van der Waals surface area contributed by atoms with Gasteiger partial charge < -0.3 is 15.7 Å². The smallest absolute Gasteiger partial charge is 0.337 e. The molecule has 108 valence electrons. The highest BCUT2D eigenvalue weighted by atomic mass is 32.1. The zero-order chi connectivity index (χ0) is 15.0. The van der Waals surface area contributed by atoms with Crippen LogP contribution in [0.1, 0.15) is 16.1 Å². The molecule has 0 saturated heterocycles. The summed E-state index contributed by atoms with van der Waals surface area (Å²) >= 11 is 1.56. The minimum Gasteiger partial charge on any atom is -0.478 e. The third-order valence-corrected chi connectivity index (χ3v) is 3.98. The van der Waals surface area contributed by atoms with Gasteiger partial charge in [0.2, 0.25) is 0 Å². The largest absolute Gasteiger partial charge is 0.478 e. The summed E-state index contributed by atoms with van der Waals surface area (Å²) in [6.07, 6.45) is 3.89. The van der Waals surface area contributed by atoms with E-state index < -0.39 is 5.97 Å². The SMILES string of the molecule is CN(Cc1cn2ccsc2n1)c1ccc(N)cc1C(=O)O. The van der Waals surface area contributed by atoms with Crippen LogP contribution in [0.3, 0.4) is 0 Å². The predicted molar refractivity (Wildman–Crippen MR) is 83.0 cm³/mol. The van der Waals surface area contributed by atoms with Crippen molar-refractivity contribution in [2.75, 3.05) is 17.7 Å². The molecule has 0 unspecified atom stereocenters. The molecule has 0 aliphatic carbocycles. The summed E-state index contributed by atoms with van der Waals surface area (Å²) in [5.74, 6) is -0.991. The van der Waals surface area contributed by atoms with Crippen molar-refractivity contribution >= 4 is 33.6 Å². The third-order valence-electron chi connectivity index (χ3n) is 3.20. The summed E-state index contributed by atoms with van der Waals surface area (Å²) in [6.45, 7) is 0.526. The van der Waals surface area contributed by atoms with Gasteiger partial charge in [0, 0.05) is 30.5 Å². The molecule has 21 heavy (non-hydrogen) atoms. The Morgan fingerprint density at radius 3 is 3.05 bits per heavy atom. The van der Waals surface area contributed by atoms with Crippen LogP contribution in [-0.4, -0.2) is 27.5 Å². The second-order valence-electron chi connectivity index (χ2n) is 4.76. The van der Waals surface area contributed by atoms with E-state index in [0.29, 0.717) is 17.9 Å². The first-order valence-corrected chi connectivity index (χ1v) is 7.17. The maximum atomic E-state index is 11.3. The second kappa shape index (κ2) is 5.10. The van der Waals surface area contributed by atoms with Crippen LogP contribution in [0.5, 0.6) is 0 Å². The van der Waals surface area contributed by atoms with Crippen molar-refractivity contribution < 1.29 is 9.90 Å². The van der Waals surface area contributed by atoms with Crippen LogP contribution in [0.15, 0.2) is 36.0 Å². The van der Waals surface area contributed by atoms with Crippen LogP contribution >= 0.6 is 11.3 Å². The summed E-state index contributed by atoms with van der Waals surface area (Å²) in [4.78, 5) is 18.6. The molecular formula is C14H14N4O2S. The number of imidazole rings is 1. The number of carbonyl (C=O) groups is 1. The molecule has 2 heterocycles. The molecule has 7 heteroatoms. The van der Waals surface area contributed by atoms with Crippen LogP contribution in [0.4, 0.5) is 11.4 Å². The van der Waals surface area contributed by atoms with Gasteiger partial charge in [0.25, 0.3) is 0 Å². The quantitative estimate of drug-likeness (QED) is 0.723. The van der Waals surface area contributed by atoms with E-state index in [1.165, 1.54) is 6.07 Å². The van der Waals surface area contributed by atoms with Gasteiger partial charge in [-0.05, 0) is 18.2 Å². The molecule has 0 spiro atoms. The fraction of sp³-hybridized carbons (Fsp3) is 0.143. The summed E-state index contributed by atoms with van der Waals surface area (Å²) < 4.78 is 1.95. The minimum absolute atomic E-state index is 0.193. The number of benzene rings is 1. The lowest BCUT2D eigenvalue weighted by molar-refractivity contribution is 0.0697. The summed E-state index contributed by atoms with van der Waals surface area (Å²) in [6, 6.07) is 4.89. The molecule has 6 nitrogen and oxygen atoms in total. The van der Waals surface area contributed by atoms with Crippen molar-refractivity contribution in [3.8, 4) is 0 Å². The van der Waals surface area contributed by atoms with Gasteiger partial charge >= 0.3 is 5.97 Å². The van der Waals surface area contributed by atoms with Crippen molar-refractivity contribution in [1.29, 1.82) is 0 Å². The van der Waals surface area contributed by atoms with E-state index in [4.69, 9.17) is 5.73 Å². The number of carboxylic acid groups (broad SMARTS) is 1. The topological polar surface area (TPSA) is 83.9 Å². The second-order valence-corrected chi connectivity index (χ2v) is 5.64. The van der Waals surface area contributed by atoms with Gasteiger partial charge in [-0.1, -0.05) is 0 Å². The molecule has 0 aliphatic heterocycles. The number of anilines is 2. The molecule has 0 atom stereocenters. The summed E-state index contributed by atoms with van der Waals surface area (Å²) in [5, 5.41) is 11.3. The summed E-state index contributed by atoms with van der Waals surface area (Å²) in [5.41, 5.74) is 7.79. The number of hydrogen-bond donors (Lipinski definition) is 2. The zero-order valence-electron chi connectivity index (χ0n) is 11.4. The van der Waals surface area contributed by atoms with Gasteiger partial charge in [0.15, 0.2) is 4.96 Å². The molecular weight excluding hydrogens is 288 g/mol. The highest BCUT2D eigenvalue weighted by Crippen LogP contribution is 2.24. The van der Waals surface area contributed by atoms with Crippen molar-refractivity contribution in [2.45, 2.75) is 6.54 Å². The van der Waals surface area contributed by atoms with E-state index in [2.05, 4.69) is 4.98 Å². The molecule has 0 fully saturated rings. The number of aromatic carboxylic acids is 1. The number of rotatable bonds is 4. The lowest BCUT2D eigenvalue weighted by Crippen LogP contribution is -2.19. The Morgan fingerprint density at radius 2 is 2.33 bits per heavy atom. The predicted octanol–water partition coefficient (Wildman–Crippen LogP) is 2.31. The number of thiazole rings is 1. The number of carboxylic acids is 1. The van der Waals surface area contributed by atoms with Gasteiger partial charge in [-0.15, -0.1) is 11.3 Å². The van der Waals surface area contributed by atoms with Gasteiger partial charge in [0.1, 0.15) is 0 Å². The maximum absolute atomic E-state index is 11.3. The van der Waals surface area contributed by atoms with Gasteiger partial charge in [-0.25, -0.2) is 9.78 Å². The van der Waals surface area contributed by atoms with Gasteiger partial charge in [-0.2, -0.15) is 0 Å². The zero-order valence-corrected chi connectivity index (χ0v) is 12.2. The highest BCUT2D eigenvalue weighted by Gasteiger charge is 2.15. The number of fused-ring (bicyclic) bond motifs is 1. The number of nitrogen functional groups attached to an aromatic ring is 1. The average Bonchev–Trinajstić information content (AvgIpc) is 2.99. The standard InChI is InChI=1S/C14H14N4O2S/c1-17(7-10-8-18-4-5-21-14(18)16-10)12-3-2-9(15)6-11(12)13(19)20/h2-6,8H,7,15H2,1H3,(H,19,20). The molecule has 0 amide bonds. The Kier molecular flexibility index (Phi) is 3.26. The first kappa shape index (κ1) is 13.4. The van der Waals surface area contributed by atoms with Crippen LogP contribution in [0.25, 0.3) is 4.96 Å². The number of nitrogens with two attached hydrogens (primary N) is 1. The number of hydrogen-bond acceptors (Lipinski definition) is 5. The molecule has 0 aliphatic rings. The minimum atomic E-state index is -0.991.